The van der Waals surface area contributed by atoms with Crippen molar-refractivity contribution < 1.29 is 4.39 Å². The van der Waals surface area contributed by atoms with Crippen molar-refractivity contribution in [3.63, 3.8) is 0 Å². The molecule has 0 heterocycles. The lowest BCUT2D eigenvalue weighted by atomic mass is 10.2. The normalized spacial score (nSPS) is 10.4. The van der Waals surface area contributed by atoms with Gasteiger partial charge in [0, 0.05) is 25.3 Å². The largest absolute Gasteiger partial charge is 0.370 e. The molecular formula is C14H20FN3. The molecule has 0 amide bonds. The fourth-order valence-corrected chi connectivity index (χ4v) is 1.75. The molecule has 1 aromatic rings. The van der Waals surface area contributed by atoms with Gasteiger partial charge < -0.3 is 9.80 Å². The Kier molecular flexibility index (Phi) is 5.60. The number of hydrogen-bond donors (Lipinski definition) is 0. The molecule has 0 spiro atoms. The molecule has 98 valence electrons. The summed E-state index contributed by atoms with van der Waals surface area (Å²) in [4.78, 5) is 4.24. The second-order valence-corrected chi connectivity index (χ2v) is 4.57. The molecule has 4 heteroatoms. The summed E-state index contributed by atoms with van der Waals surface area (Å²) in [7, 11) is 4.03. The van der Waals surface area contributed by atoms with E-state index in [-0.39, 0.29) is 5.56 Å². The van der Waals surface area contributed by atoms with Crippen molar-refractivity contribution in [2.24, 2.45) is 0 Å². The molecule has 0 aliphatic carbocycles. The third kappa shape index (κ3) is 4.01. The van der Waals surface area contributed by atoms with Crippen LogP contribution in [0.5, 0.6) is 0 Å². The third-order valence-electron chi connectivity index (χ3n) is 2.75. The van der Waals surface area contributed by atoms with Crippen LogP contribution in [0, 0.1) is 17.1 Å². The Balaban J connectivity index is 2.85. The highest BCUT2D eigenvalue weighted by Crippen LogP contribution is 2.18. The number of nitrogens with zero attached hydrogens (tertiary/aromatic N) is 3. The number of hydrogen-bond acceptors (Lipinski definition) is 3. The summed E-state index contributed by atoms with van der Waals surface area (Å²) in [6.45, 7) is 4.76. The molecule has 0 unspecified atom stereocenters. The Morgan fingerprint density at radius 1 is 1.22 bits per heavy atom. The van der Waals surface area contributed by atoms with Crippen LogP contribution in [0.4, 0.5) is 10.1 Å². The summed E-state index contributed by atoms with van der Waals surface area (Å²) in [5, 5.41) is 8.72. The van der Waals surface area contributed by atoms with Crippen molar-refractivity contribution in [3.05, 3.63) is 29.6 Å². The molecule has 0 aromatic heterocycles. The molecule has 0 N–H and O–H groups in total. The average molecular weight is 249 g/mol. The van der Waals surface area contributed by atoms with Crippen LogP contribution in [0.1, 0.15) is 18.9 Å². The quantitative estimate of drug-likeness (QED) is 0.776. The van der Waals surface area contributed by atoms with Crippen molar-refractivity contribution >= 4 is 5.69 Å². The second kappa shape index (κ2) is 6.97. The second-order valence-electron chi connectivity index (χ2n) is 4.57. The Hall–Kier alpha value is -1.60. The van der Waals surface area contributed by atoms with Crippen LogP contribution in [-0.4, -0.2) is 38.6 Å². The first-order chi connectivity index (χ1) is 8.58. The molecular weight excluding hydrogens is 229 g/mol. The maximum absolute atomic E-state index is 13.6. The first-order valence-corrected chi connectivity index (χ1v) is 6.17. The molecule has 1 rings (SSSR count). The standard InChI is InChI=1S/C14H20FN3/c1-4-7-18(9-8-17(2)3)13-6-5-12(11-16)14(15)10-13/h5-6,10H,4,7-9H2,1-3H3. The highest BCUT2D eigenvalue weighted by molar-refractivity contribution is 5.50. The van der Waals surface area contributed by atoms with E-state index >= 15 is 0 Å². The molecule has 0 atom stereocenters. The molecule has 0 aliphatic rings. The van der Waals surface area contributed by atoms with Crippen molar-refractivity contribution in [2.45, 2.75) is 13.3 Å². The van der Waals surface area contributed by atoms with Crippen molar-refractivity contribution in [3.8, 4) is 6.07 Å². The topological polar surface area (TPSA) is 30.3 Å². The Labute approximate surface area is 108 Å². The summed E-state index contributed by atoms with van der Waals surface area (Å²) >= 11 is 0. The zero-order chi connectivity index (χ0) is 13.5. The van der Waals surface area contributed by atoms with E-state index in [1.807, 2.05) is 26.2 Å². The summed E-state index contributed by atoms with van der Waals surface area (Å²) in [6.07, 6.45) is 1.01. The first-order valence-electron chi connectivity index (χ1n) is 6.17. The minimum absolute atomic E-state index is 0.0998. The van der Waals surface area contributed by atoms with Crippen LogP contribution in [0.15, 0.2) is 18.2 Å². The van der Waals surface area contributed by atoms with Crippen LogP contribution in [0.25, 0.3) is 0 Å². The molecule has 0 saturated heterocycles. The Morgan fingerprint density at radius 2 is 1.94 bits per heavy atom. The van der Waals surface area contributed by atoms with Crippen LogP contribution in [-0.2, 0) is 0 Å². The van der Waals surface area contributed by atoms with E-state index in [0.29, 0.717) is 0 Å². The monoisotopic (exact) mass is 249 g/mol. The summed E-state index contributed by atoms with van der Waals surface area (Å²) in [6, 6.07) is 6.65. The predicted molar refractivity (Wildman–Crippen MR) is 72.2 cm³/mol. The maximum Gasteiger partial charge on any atom is 0.143 e. The number of anilines is 1. The van der Waals surface area contributed by atoms with Gasteiger partial charge in [0.05, 0.1) is 5.56 Å². The predicted octanol–water partition coefficient (Wildman–Crippen LogP) is 2.48. The van der Waals surface area contributed by atoms with Crippen molar-refractivity contribution in [2.75, 3.05) is 38.6 Å². The molecule has 0 saturated carbocycles. The lowest BCUT2D eigenvalue weighted by molar-refractivity contribution is 0.413. The molecule has 18 heavy (non-hydrogen) atoms. The van der Waals surface area contributed by atoms with Gasteiger partial charge >= 0.3 is 0 Å². The van der Waals surface area contributed by atoms with Gasteiger partial charge in [-0.15, -0.1) is 0 Å². The molecule has 0 fully saturated rings. The molecule has 3 nitrogen and oxygen atoms in total. The summed E-state index contributed by atoms with van der Waals surface area (Å²) in [5.74, 6) is -0.444. The zero-order valence-corrected chi connectivity index (χ0v) is 11.3. The van der Waals surface area contributed by atoms with E-state index in [2.05, 4.69) is 16.7 Å². The van der Waals surface area contributed by atoms with Crippen LogP contribution in [0.2, 0.25) is 0 Å². The van der Waals surface area contributed by atoms with Crippen LogP contribution >= 0.6 is 0 Å². The minimum atomic E-state index is -0.444. The minimum Gasteiger partial charge on any atom is -0.370 e. The molecule has 1 aromatic carbocycles. The summed E-state index contributed by atoms with van der Waals surface area (Å²) in [5.41, 5.74) is 0.943. The van der Waals surface area contributed by atoms with Gasteiger partial charge in [-0.3, -0.25) is 0 Å². The van der Waals surface area contributed by atoms with Gasteiger partial charge in [-0.1, -0.05) is 6.92 Å². The number of rotatable bonds is 6. The number of nitriles is 1. The van der Waals surface area contributed by atoms with Crippen molar-refractivity contribution in [1.82, 2.24) is 4.90 Å². The smallest absolute Gasteiger partial charge is 0.143 e. The lowest BCUT2D eigenvalue weighted by Crippen LogP contribution is -2.32. The van der Waals surface area contributed by atoms with Gasteiger partial charge in [0.25, 0.3) is 0 Å². The highest BCUT2D eigenvalue weighted by Gasteiger charge is 2.09. The summed E-state index contributed by atoms with van der Waals surface area (Å²) < 4.78 is 13.6. The van der Waals surface area contributed by atoms with E-state index in [0.717, 1.165) is 31.7 Å². The van der Waals surface area contributed by atoms with E-state index in [1.165, 1.54) is 6.07 Å². The van der Waals surface area contributed by atoms with Crippen LogP contribution in [0.3, 0.4) is 0 Å². The fourth-order valence-electron chi connectivity index (χ4n) is 1.75. The van der Waals surface area contributed by atoms with Gasteiger partial charge in [0.15, 0.2) is 0 Å². The fraction of sp³-hybridized carbons (Fsp3) is 0.500. The Bertz CT molecular complexity index is 424. The Morgan fingerprint density at radius 3 is 2.44 bits per heavy atom. The van der Waals surface area contributed by atoms with E-state index in [1.54, 1.807) is 6.07 Å². The lowest BCUT2D eigenvalue weighted by Gasteiger charge is -2.26. The van der Waals surface area contributed by atoms with Crippen molar-refractivity contribution in [1.29, 1.82) is 5.26 Å². The van der Waals surface area contributed by atoms with Gasteiger partial charge in [-0.2, -0.15) is 5.26 Å². The number of likely N-dealkylation sites (N-methyl/N-ethyl adjacent to an activating group) is 1. The number of halogens is 1. The van der Waals surface area contributed by atoms with E-state index < -0.39 is 5.82 Å². The molecule has 0 aliphatic heterocycles. The van der Waals surface area contributed by atoms with Gasteiger partial charge in [0.2, 0.25) is 0 Å². The molecule has 0 bridgehead atoms. The first kappa shape index (κ1) is 14.5. The van der Waals surface area contributed by atoms with Crippen LogP contribution < -0.4 is 4.90 Å². The van der Waals surface area contributed by atoms with E-state index in [9.17, 15) is 4.39 Å². The third-order valence-corrected chi connectivity index (χ3v) is 2.75. The highest BCUT2D eigenvalue weighted by atomic mass is 19.1. The van der Waals surface area contributed by atoms with Gasteiger partial charge in [-0.25, -0.2) is 4.39 Å². The molecule has 0 radical (unpaired) electrons. The maximum atomic E-state index is 13.6. The van der Waals surface area contributed by atoms with Gasteiger partial charge in [0.1, 0.15) is 11.9 Å². The number of benzene rings is 1. The zero-order valence-electron chi connectivity index (χ0n) is 11.3. The van der Waals surface area contributed by atoms with Gasteiger partial charge in [-0.05, 0) is 38.7 Å². The SMILES string of the molecule is CCCN(CCN(C)C)c1ccc(C#N)c(F)c1. The average Bonchev–Trinajstić information content (AvgIpc) is 2.34. The van der Waals surface area contributed by atoms with E-state index in [4.69, 9.17) is 5.26 Å².